The Morgan fingerprint density at radius 2 is 1.84 bits per heavy atom. The largest absolute Gasteiger partial charge is 0.478 e. The number of hydrogen-bond acceptors (Lipinski definition) is 5. The lowest BCUT2D eigenvalue weighted by molar-refractivity contribution is 0.0697. The highest BCUT2D eigenvalue weighted by molar-refractivity contribution is 5.88. The number of ether oxygens (including phenoxy) is 1. The van der Waals surface area contributed by atoms with Crippen LogP contribution in [0.5, 0.6) is 0 Å². The van der Waals surface area contributed by atoms with Gasteiger partial charge in [0.25, 0.3) is 0 Å². The number of nitrogens with zero attached hydrogens (tertiary/aromatic N) is 2. The van der Waals surface area contributed by atoms with Crippen molar-refractivity contribution in [3.8, 4) is 11.5 Å². The summed E-state index contributed by atoms with van der Waals surface area (Å²) in [6.45, 7) is 2.83. The van der Waals surface area contributed by atoms with E-state index >= 15 is 0 Å². The van der Waals surface area contributed by atoms with Crippen molar-refractivity contribution < 1.29 is 19.1 Å². The second-order valence-electron chi connectivity index (χ2n) is 7.00. The quantitative estimate of drug-likeness (QED) is 0.863. The molecule has 128 valence electrons. The molecular formula is C19H18N2O4. The van der Waals surface area contributed by atoms with E-state index in [4.69, 9.17) is 14.3 Å². The molecule has 1 aromatic heterocycles. The van der Waals surface area contributed by atoms with Crippen LogP contribution in [0.25, 0.3) is 11.5 Å². The number of benzene rings is 1. The number of hydrogen-bond donors (Lipinski definition) is 1. The Morgan fingerprint density at radius 1 is 1.16 bits per heavy atom. The fourth-order valence-corrected chi connectivity index (χ4v) is 4.24. The molecule has 1 N–H and O–H groups in total. The lowest BCUT2D eigenvalue weighted by Gasteiger charge is -2.16. The van der Waals surface area contributed by atoms with Crippen molar-refractivity contribution in [3.63, 3.8) is 0 Å². The second kappa shape index (κ2) is 5.54. The van der Waals surface area contributed by atoms with E-state index < -0.39 is 5.97 Å². The number of fused-ring (bicyclic) bond motifs is 5. The molecule has 4 heterocycles. The van der Waals surface area contributed by atoms with Crippen molar-refractivity contribution in [2.75, 3.05) is 13.1 Å². The van der Waals surface area contributed by atoms with Crippen LogP contribution in [0.15, 0.2) is 47.1 Å². The third-order valence-electron chi connectivity index (χ3n) is 5.45. The van der Waals surface area contributed by atoms with Crippen molar-refractivity contribution in [2.45, 2.75) is 18.8 Å². The van der Waals surface area contributed by atoms with Gasteiger partial charge in [0, 0.05) is 37.0 Å². The summed E-state index contributed by atoms with van der Waals surface area (Å²) in [6.07, 6.45) is 6.67. The van der Waals surface area contributed by atoms with Crippen LogP contribution < -0.4 is 0 Å². The maximum absolute atomic E-state index is 10.9. The number of aromatic carboxylic acids is 1. The summed E-state index contributed by atoms with van der Waals surface area (Å²) in [7, 11) is 0. The normalized spacial score (nSPS) is 30.1. The monoisotopic (exact) mass is 338 g/mol. The van der Waals surface area contributed by atoms with Crippen LogP contribution in [0, 0.1) is 11.8 Å². The molecule has 5 rings (SSSR count). The van der Waals surface area contributed by atoms with Crippen molar-refractivity contribution >= 4 is 5.97 Å². The molecule has 3 aliphatic heterocycles. The summed E-state index contributed by atoms with van der Waals surface area (Å²) in [6, 6.07) is 6.57. The van der Waals surface area contributed by atoms with Crippen molar-refractivity contribution in [2.24, 2.45) is 11.8 Å². The second-order valence-corrected chi connectivity index (χ2v) is 7.00. The van der Waals surface area contributed by atoms with Crippen LogP contribution in [0.2, 0.25) is 0 Å². The lowest BCUT2D eigenvalue weighted by Crippen LogP contribution is -2.24. The van der Waals surface area contributed by atoms with Crippen molar-refractivity contribution in [3.05, 3.63) is 53.9 Å². The molecule has 4 atom stereocenters. The molecule has 0 radical (unpaired) electrons. The third-order valence-corrected chi connectivity index (χ3v) is 5.45. The number of oxazole rings is 1. The maximum atomic E-state index is 10.9. The number of likely N-dealkylation sites (tertiary alicyclic amines) is 1. The van der Waals surface area contributed by atoms with Crippen molar-refractivity contribution in [1.82, 2.24) is 9.88 Å². The van der Waals surface area contributed by atoms with Crippen LogP contribution in [-0.4, -0.2) is 46.3 Å². The van der Waals surface area contributed by atoms with Crippen LogP contribution >= 0.6 is 0 Å². The molecule has 2 bridgehead atoms. The first-order valence-electron chi connectivity index (χ1n) is 8.51. The summed E-state index contributed by atoms with van der Waals surface area (Å²) in [4.78, 5) is 17.9. The highest BCUT2D eigenvalue weighted by atomic mass is 16.5. The fraction of sp³-hybridized carbons (Fsp3) is 0.368. The molecule has 6 heteroatoms. The third kappa shape index (κ3) is 2.49. The van der Waals surface area contributed by atoms with Crippen LogP contribution in [0.1, 0.15) is 16.1 Å². The zero-order valence-corrected chi connectivity index (χ0v) is 13.5. The van der Waals surface area contributed by atoms with E-state index in [2.05, 4.69) is 22.0 Å². The molecule has 2 saturated heterocycles. The Hall–Kier alpha value is -2.44. The van der Waals surface area contributed by atoms with Gasteiger partial charge < -0.3 is 14.3 Å². The van der Waals surface area contributed by atoms with E-state index in [9.17, 15) is 4.79 Å². The van der Waals surface area contributed by atoms with Gasteiger partial charge in [-0.05, 0) is 24.3 Å². The van der Waals surface area contributed by atoms with E-state index in [0.717, 1.165) is 30.9 Å². The molecule has 4 unspecified atom stereocenters. The zero-order valence-electron chi connectivity index (χ0n) is 13.5. The van der Waals surface area contributed by atoms with Gasteiger partial charge in [-0.3, -0.25) is 4.90 Å². The van der Waals surface area contributed by atoms with Gasteiger partial charge in [-0.2, -0.15) is 0 Å². The molecule has 6 nitrogen and oxygen atoms in total. The van der Waals surface area contributed by atoms with E-state index in [0.29, 0.717) is 29.9 Å². The van der Waals surface area contributed by atoms with Gasteiger partial charge in [0.2, 0.25) is 5.89 Å². The molecule has 2 aromatic rings. The molecule has 25 heavy (non-hydrogen) atoms. The Morgan fingerprint density at radius 3 is 2.48 bits per heavy atom. The summed E-state index contributed by atoms with van der Waals surface area (Å²) >= 11 is 0. The highest BCUT2D eigenvalue weighted by Crippen LogP contribution is 2.43. The predicted octanol–water partition coefficient (Wildman–Crippen LogP) is 2.43. The average molecular weight is 338 g/mol. The van der Waals surface area contributed by atoms with Gasteiger partial charge in [0.1, 0.15) is 6.26 Å². The van der Waals surface area contributed by atoms with Crippen molar-refractivity contribution in [1.29, 1.82) is 0 Å². The van der Waals surface area contributed by atoms with Gasteiger partial charge in [0.15, 0.2) is 0 Å². The average Bonchev–Trinajstić information content (AvgIpc) is 3.37. The molecule has 1 aromatic carbocycles. The molecule has 0 saturated carbocycles. The smallest absolute Gasteiger partial charge is 0.335 e. The van der Waals surface area contributed by atoms with Crippen LogP contribution in [0.3, 0.4) is 0 Å². The first-order valence-corrected chi connectivity index (χ1v) is 8.51. The topological polar surface area (TPSA) is 75.8 Å². The predicted molar refractivity (Wildman–Crippen MR) is 89.0 cm³/mol. The molecule has 0 amide bonds. The minimum absolute atomic E-state index is 0.254. The zero-order chi connectivity index (χ0) is 17.0. The summed E-state index contributed by atoms with van der Waals surface area (Å²) in [5.74, 6) is 0.790. The molecular weight excluding hydrogens is 320 g/mol. The minimum Gasteiger partial charge on any atom is -0.478 e. The van der Waals surface area contributed by atoms with E-state index in [1.54, 1.807) is 30.5 Å². The number of carboxylic acid groups (broad SMARTS) is 1. The summed E-state index contributed by atoms with van der Waals surface area (Å²) < 4.78 is 11.5. The summed E-state index contributed by atoms with van der Waals surface area (Å²) in [5.41, 5.74) is 1.94. The fourth-order valence-electron chi connectivity index (χ4n) is 4.24. The molecule has 2 fully saturated rings. The number of carboxylic acids is 1. The number of carbonyl (C=O) groups is 1. The Balaban J connectivity index is 1.27. The van der Waals surface area contributed by atoms with Crippen LogP contribution in [-0.2, 0) is 11.3 Å². The van der Waals surface area contributed by atoms with E-state index in [1.165, 1.54) is 0 Å². The van der Waals surface area contributed by atoms with Gasteiger partial charge in [-0.15, -0.1) is 0 Å². The first kappa shape index (κ1) is 14.9. The molecule has 0 aliphatic carbocycles. The first-order chi connectivity index (χ1) is 12.2. The van der Waals surface area contributed by atoms with Crippen LogP contribution in [0.4, 0.5) is 0 Å². The molecule has 0 spiro atoms. The SMILES string of the molecule is O=C(O)c1ccc(-c2nc(CN3CC4C5C=CC(O5)C4C3)co2)cc1. The number of aromatic nitrogens is 1. The number of rotatable bonds is 4. The van der Waals surface area contributed by atoms with Gasteiger partial charge in [0.05, 0.1) is 23.5 Å². The Labute approximate surface area is 144 Å². The summed E-state index contributed by atoms with van der Waals surface area (Å²) in [5, 5.41) is 8.96. The van der Waals surface area contributed by atoms with E-state index in [-0.39, 0.29) is 5.56 Å². The Kier molecular flexibility index (Phi) is 3.29. The molecule has 3 aliphatic rings. The Bertz CT molecular complexity index is 821. The van der Waals surface area contributed by atoms with Gasteiger partial charge >= 0.3 is 5.97 Å². The van der Waals surface area contributed by atoms with E-state index in [1.807, 2.05) is 0 Å². The van der Waals surface area contributed by atoms with Gasteiger partial charge in [-0.25, -0.2) is 9.78 Å². The standard InChI is InChI=1S/C19H18N2O4/c22-19(23)12-3-1-11(2-4-12)18-20-13(10-24-18)7-21-8-14-15(9-21)17-6-5-16(14)25-17/h1-6,10,14-17H,7-9H2,(H,22,23). The lowest BCUT2D eigenvalue weighted by atomic mass is 9.86. The highest BCUT2D eigenvalue weighted by Gasteiger charge is 2.50. The maximum Gasteiger partial charge on any atom is 0.335 e. The minimum atomic E-state index is -0.938. The van der Waals surface area contributed by atoms with Gasteiger partial charge in [-0.1, -0.05) is 12.2 Å².